The van der Waals surface area contributed by atoms with Crippen molar-refractivity contribution in [1.82, 2.24) is 20.8 Å². The van der Waals surface area contributed by atoms with Gasteiger partial charge in [0.2, 0.25) is 0 Å². The second-order valence-electron chi connectivity index (χ2n) is 7.48. The number of anilines is 1. The lowest BCUT2D eigenvalue weighted by atomic mass is 9.95. The van der Waals surface area contributed by atoms with Gasteiger partial charge in [-0.15, -0.1) is 0 Å². The number of aromatic nitrogens is 2. The molecule has 2 aromatic rings. The molecule has 1 heterocycles. The Kier molecular flexibility index (Phi) is 5.68. The molecule has 0 unspecified atom stereocenters. The van der Waals surface area contributed by atoms with Gasteiger partial charge in [0.05, 0.1) is 5.69 Å². The molecule has 0 fully saturated rings. The Balaban J connectivity index is 2.15. The van der Waals surface area contributed by atoms with E-state index in [-0.39, 0.29) is 11.0 Å². The molecule has 8 heteroatoms. The van der Waals surface area contributed by atoms with Crippen molar-refractivity contribution in [2.45, 2.75) is 33.1 Å². The summed E-state index contributed by atoms with van der Waals surface area (Å²) in [7, 11) is 3.73. The van der Waals surface area contributed by atoms with Crippen molar-refractivity contribution in [3.8, 4) is 0 Å². The van der Waals surface area contributed by atoms with Crippen LogP contribution in [0.15, 0.2) is 29.1 Å². The van der Waals surface area contributed by atoms with E-state index in [0.717, 1.165) is 5.69 Å². The fourth-order valence-electron chi connectivity index (χ4n) is 2.38. The van der Waals surface area contributed by atoms with Crippen molar-refractivity contribution >= 4 is 17.5 Å². The van der Waals surface area contributed by atoms with E-state index in [2.05, 4.69) is 20.8 Å². The van der Waals surface area contributed by atoms with Crippen LogP contribution in [0.4, 0.5) is 5.69 Å². The molecule has 1 aromatic heterocycles. The lowest BCUT2D eigenvalue weighted by molar-refractivity contribution is 0.0845. The summed E-state index contributed by atoms with van der Waals surface area (Å²) in [4.78, 5) is 45.7. The third kappa shape index (κ3) is 4.72. The summed E-state index contributed by atoms with van der Waals surface area (Å²) in [6.45, 7) is 7.31. The van der Waals surface area contributed by atoms with Crippen LogP contribution in [0, 0.1) is 6.92 Å². The van der Waals surface area contributed by atoms with Crippen molar-refractivity contribution < 1.29 is 9.59 Å². The first-order valence-corrected chi connectivity index (χ1v) is 8.50. The predicted molar refractivity (Wildman–Crippen MR) is 104 cm³/mol. The number of carbonyl (C=O) groups excluding carboxylic acids is 2. The van der Waals surface area contributed by atoms with Gasteiger partial charge in [0.15, 0.2) is 0 Å². The van der Waals surface area contributed by atoms with Crippen LogP contribution in [0.1, 0.15) is 53.0 Å². The zero-order valence-corrected chi connectivity index (χ0v) is 16.4. The van der Waals surface area contributed by atoms with E-state index < -0.39 is 17.4 Å². The minimum atomic E-state index is -0.723. The zero-order valence-electron chi connectivity index (χ0n) is 16.4. The van der Waals surface area contributed by atoms with Gasteiger partial charge in [-0.2, -0.15) is 0 Å². The van der Waals surface area contributed by atoms with Gasteiger partial charge in [-0.05, 0) is 25.1 Å². The number of rotatable bonds is 3. The molecule has 0 aliphatic heterocycles. The van der Waals surface area contributed by atoms with Gasteiger partial charge in [-0.25, -0.2) is 4.98 Å². The van der Waals surface area contributed by atoms with Gasteiger partial charge >= 0.3 is 0 Å². The van der Waals surface area contributed by atoms with E-state index in [4.69, 9.17) is 0 Å². The van der Waals surface area contributed by atoms with Crippen LogP contribution >= 0.6 is 0 Å². The number of benzene rings is 1. The number of nitrogens with zero attached hydrogens (tertiary/aromatic N) is 2. The van der Waals surface area contributed by atoms with Gasteiger partial charge in [0.1, 0.15) is 11.4 Å². The third-order valence-corrected chi connectivity index (χ3v) is 3.95. The highest BCUT2D eigenvalue weighted by atomic mass is 16.2. The van der Waals surface area contributed by atoms with Crippen LogP contribution in [0.3, 0.4) is 0 Å². The first-order chi connectivity index (χ1) is 12.5. The van der Waals surface area contributed by atoms with E-state index in [1.54, 1.807) is 25.1 Å². The van der Waals surface area contributed by atoms with E-state index in [0.29, 0.717) is 17.1 Å². The summed E-state index contributed by atoms with van der Waals surface area (Å²) < 4.78 is 0. The minimum absolute atomic E-state index is 0.134. The zero-order chi connectivity index (χ0) is 20.4. The lowest BCUT2D eigenvalue weighted by Crippen LogP contribution is -2.44. The molecule has 1 aromatic carbocycles. The Labute approximate surface area is 158 Å². The topological polar surface area (TPSA) is 107 Å². The maximum absolute atomic E-state index is 12.4. The highest BCUT2D eigenvalue weighted by Gasteiger charge is 2.22. The number of hydrogen-bond donors (Lipinski definition) is 3. The fourth-order valence-corrected chi connectivity index (χ4v) is 2.38. The predicted octanol–water partition coefficient (Wildman–Crippen LogP) is 1.52. The number of aromatic amines is 1. The van der Waals surface area contributed by atoms with Gasteiger partial charge in [-0.1, -0.05) is 26.8 Å². The average molecular weight is 371 g/mol. The summed E-state index contributed by atoms with van der Waals surface area (Å²) in [5.41, 5.74) is 5.09. The molecule has 2 amide bonds. The smallest absolute Gasteiger partial charge is 0.277 e. The van der Waals surface area contributed by atoms with E-state index in [1.807, 2.05) is 45.8 Å². The highest BCUT2D eigenvalue weighted by Crippen LogP contribution is 2.17. The molecular formula is C19H25N5O3. The molecule has 27 heavy (non-hydrogen) atoms. The molecule has 8 nitrogen and oxygen atoms in total. The van der Waals surface area contributed by atoms with Crippen molar-refractivity contribution in [2.24, 2.45) is 0 Å². The number of H-pyrrole nitrogens is 1. The molecule has 2 rings (SSSR count). The number of aryl methyl sites for hydroxylation is 1. The van der Waals surface area contributed by atoms with Crippen LogP contribution in [0.25, 0.3) is 0 Å². The fraction of sp³-hybridized carbons (Fsp3) is 0.368. The Hall–Kier alpha value is -3.16. The van der Waals surface area contributed by atoms with Crippen LogP contribution in [0.5, 0.6) is 0 Å². The van der Waals surface area contributed by atoms with Gasteiger partial charge < -0.3 is 9.88 Å². The quantitative estimate of drug-likeness (QED) is 0.709. The Bertz CT molecular complexity index is 926. The molecule has 0 saturated carbocycles. The van der Waals surface area contributed by atoms with Crippen molar-refractivity contribution in [1.29, 1.82) is 0 Å². The van der Waals surface area contributed by atoms with Gasteiger partial charge in [-0.3, -0.25) is 25.2 Å². The summed E-state index contributed by atoms with van der Waals surface area (Å²) in [6.07, 6.45) is 0. The number of amides is 2. The Morgan fingerprint density at radius 2 is 1.74 bits per heavy atom. The number of hydrogen-bond acceptors (Lipinski definition) is 5. The monoisotopic (exact) mass is 371 g/mol. The number of hydrazine groups is 1. The molecule has 3 N–H and O–H groups in total. The molecule has 0 radical (unpaired) electrons. The molecule has 0 saturated heterocycles. The van der Waals surface area contributed by atoms with E-state index in [9.17, 15) is 14.4 Å². The van der Waals surface area contributed by atoms with E-state index >= 15 is 0 Å². The second kappa shape index (κ2) is 7.61. The summed E-state index contributed by atoms with van der Waals surface area (Å²) in [5, 5.41) is 0. The molecule has 0 spiro atoms. The molecule has 0 aliphatic rings. The maximum Gasteiger partial charge on any atom is 0.277 e. The average Bonchev–Trinajstić information content (AvgIpc) is 2.58. The highest BCUT2D eigenvalue weighted by molar-refractivity contribution is 5.99. The molecular weight excluding hydrogens is 346 g/mol. The summed E-state index contributed by atoms with van der Waals surface area (Å²) in [5.74, 6) is -0.717. The SMILES string of the molecule is Cc1nc(C(C)(C)C)[nH]c(=O)c1C(=O)NNC(=O)c1cccc(N(C)C)c1. The number of nitrogens with one attached hydrogen (secondary N) is 3. The van der Waals surface area contributed by atoms with Crippen LogP contribution in [-0.4, -0.2) is 35.9 Å². The van der Waals surface area contributed by atoms with Crippen LogP contribution in [-0.2, 0) is 5.41 Å². The normalized spacial score (nSPS) is 11.0. The lowest BCUT2D eigenvalue weighted by Gasteiger charge is -2.18. The van der Waals surface area contributed by atoms with Crippen LogP contribution in [0.2, 0.25) is 0 Å². The summed E-state index contributed by atoms with van der Waals surface area (Å²) in [6, 6.07) is 6.93. The van der Waals surface area contributed by atoms with Gasteiger partial charge in [0, 0.05) is 30.8 Å². The van der Waals surface area contributed by atoms with Crippen LogP contribution < -0.4 is 21.3 Å². The standard InChI is InChI=1S/C19H25N5O3/c1-11-14(16(26)21-18(20-11)19(2,3)4)17(27)23-22-15(25)12-8-7-9-13(10-12)24(5)6/h7-10H,1-6H3,(H,22,25)(H,23,27)(H,20,21,26). The number of carbonyl (C=O) groups is 2. The van der Waals surface area contributed by atoms with E-state index in [1.165, 1.54) is 0 Å². The summed E-state index contributed by atoms with van der Waals surface area (Å²) >= 11 is 0. The second-order valence-corrected chi connectivity index (χ2v) is 7.48. The van der Waals surface area contributed by atoms with Crippen molar-refractivity contribution in [3.05, 3.63) is 57.3 Å². The maximum atomic E-state index is 12.4. The molecule has 144 valence electrons. The minimum Gasteiger partial charge on any atom is -0.378 e. The van der Waals surface area contributed by atoms with Crippen molar-refractivity contribution in [2.75, 3.05) is 19.0 Å². The molecule has 0 bridgehead atoms. The molecule has 0 aliphatic carbocycles. The largest absolute Gasteiger partial charge is 0.378 e. The first kappa shape index (κ1) is 20.2. The Morgan fingerprint density at radius 3 is 2.30 bits per heavy atom. The first-order valence-electron chi connectivity index (χ1n) is 8.50. The molecule has 0 atom stereocenters. The Morgan fingerprint density at radius 1 is 1.11 bits per heavy atom. The third-order valence-electron chi connectivity index (χ3n) is 3.95. The van der Waals surface area contributed by atoms with Gasteiger partial charge in [0.25, 0.3) is 17.4 Å². The van der Waals surface area contributed by atoms with Crippen molar-refractivity contribution in [3.63, 3.8) is 0 Å².